The molecule has 0 spiro atoms. The minimum atomic E-state index is 1.16. The summed E-state index contributed by atoms with van der Waals surface area (Å²) in [5.74, 6) is 0. The highest BCUT2D eigenvalue weighted by Crippen LogP contribution is 2.45. The minimum absolute atomic E-state index is 1.16. The van der Waals surface area contributed by atoms with Crippen molar-refractivity contribution in [2.24, 2.45) is 0 Å². The third kappa shape index (κ3) is 4.50. The molecule has 13 rings (SSSR count). The van der Waals surface area contributed by atoms with E-state index in [0.29, 0.717) is 0 Å². The molecule has 0 atom stereocenters. The van der Waals surface area contributed by atoms with Crippen molar-refractivity contribution in [2.45, 2.75) is 0 Å². The van der Waals surface area contributed by atoms with Crippen LogP contribution in [-0.2, 0) is 0 Å². The van der Waals surface area contributed by atoms with Crippen molar-refractivity contribution in [1.82, 2.24) is 4.57 Å². The molecule has 0 radical (unpaired) electrons. The summed E-state index contributed by atoms with van der Waals surface area (Å²) in [5.41, 5.74) is 8.61. The number of fused-ring (bicyclic) bond motifs is 15. The van der Waals surface area contributed by atoms with Gasteiger partial charge in [-0.1, -0.05) is 152 Å². The highest BCUT2D eigenvalue weighted by atomic mass is 32.1. The summed E-state index contributed by atoms with van der Waals surface area (Å²) in [4.78, 5) is 0. The second-order valence-corrected chi connectivity index (χ2v) is 17.3. The van der Waals surface area contributed by atoms with Crippen molar-refractivity contribution in [3.8, 4) is 27.9 Å². The zero-order chi connectivity index (χ0) is 37.2. The summed E-state index contributed by atoms with van der Waals surface area (Å²) in [7, 11) is 0. The lowest BCUT2D eigenvalue weighted by atomic mass is 9.94. The maximum absolute atomic E-state index is 2.52. The van der Waals surface area contributed by atoms with Gasteiger partial charge in [-0.3, -0.25) is 0 Å². The lowest BCUT2D eigenvalue weighted by Crippen LogP contribution is -1.95. The molecule has 264 valence electrons. The molecule has 0 saturated heterocycles. The van der Waals surface area contributed by atoms with Crippen molar-refractivity contribution >= 4 is 117 Å². The fraction of sp³-hybridized carbons (Fsp3) is 0. The Morgan fingerprint density at radius 3 is 1.19 bits per heavy atom. The Morgan fingerprint density at radius 1 is 0.281 bits per heavy atom. The van der Waals surface area contributed by atoms with E-state index >= 15 is 0 Å². The van der Waals surface area contributed by atoms with Crippen molar-refractivity contribution in [2.75, 3.05) is 0 Å². The maximum Gasteiger partial charge on any atom is 0.0547 e. The maximum atomic E-state index is 2.52. The molecule has 10 aromatic carbocycles. The predicted molar refractivity (Wildman–Crippen MR) is 250 cm³/mol. The van der Waals surface area contributed by atoms with Crippen molar-refractivity contribution in [3.63, 3.8) is 0 Å². The smallest absolute Gasteiger partial charge is 0.0547 e. The van der Waals surface area contributed by atoms with Crippen LogP contribution in [0.4, 0.5) is 0 Å². The molecule has 0 aliphatic rings. The molecule has 0 bridgehead atoms. The van der Waals surface area contributed by atoms with Gasteiger partial charge in [0.05, 0.1) is 11.0 Å². The van der Waals surface area contributed by atoms with E-state index in [1.165, 1.54) is 117 Å². The van der Waals surface area contributed by atoms with Crippen molar-refractivity contribution in [3.05, 3.63) is 188 Å². The van der Waals surface area contributed by atoms with E-state index in [0.717, 1.165) is 5.69 Å². The highest BCUT2D eigenvalue weighted by Gasteiger charge is 2.19. The second kappa shape index (κ2) is 11.9. The average Bonchev–Trinajstić information content (AvgIpc) is 3.95. The Bertz CT molecular complexity index is 3610. The van der Waals surface area contributed by atoms with Gasteiger partial charge in [0, 0.05) is 56.8 Å². The van der Waals surface area contributed by atoms with Gasteiger partial charge in [0.25, 0.3) is 0 Å². The fourth-order valence-corrected chi connectivity index (χ4v) is 12.1. The summed E-state index contributed by atoms with van der Waals surface area (Å²) in [6, 6.07) is 70.2. The molecular formula is C54H31NS2. The molecule has 0 aliphatic heterocycles. The number of benzene rings is 10. The van der Waals surface area contributed by atoms with Crippen LogP contribution in [0.15, 0.2) is 188 Å². The van der Waals surface area contributed by atoms with Gasteiger partial charge in [0.2, 0.25) is 0 Å². The normalized spacial score (nSPS) is 12.2. The van der Waals surface area contributed by atoms with Gasteiger partial charge < -0.3 is 4.57 Å². The summed E-state index contributed by atoms with van der Waals surface area (Å²) < 4.78 is 7.85. The monoisotopic (exact) mass is 757 g/mol. The standard InChI is InChI=1S/C54H31NS2/c1-2-13-39-37(11-1)38-12-3-4-14-40(38)48-31-34(25-28-41(39)48)55-49-29-32(35-17-9-19-46-44-15-5-7-21-51(44)56-53(35)46)23-26-42(49)43-27-24-33(30-50(43)55)36-18-10-20-47-45-16-6-8-22-52(45)57-54(36)47/h1-31H. The lowest BCUT2D eigenvalue weighted by molar-refractivity contribution is 1.19. The first-order chi connectivity index (χ1) is 28.3. The summed E-state index contributed by atoms with van der Waals surface area (Å²) in [5, 5.41) is 15.5. The van der Waals surface area contributed by atoms with Gasteiger partial charge >= 0.3 is 0 Å². The Balaban J connectivity index is 1.12. The first kappa shape index (κ1) is 31.4. The van der Waals surface area contributed by atoms with E-state index in [9.17, 15) is 0 Å². The molecule has 0 amide bonds. The molecule has 0 fully saturated rings. The van der Waals surface area contributed by atoms with Crippen LogP contribution in [0, 0.1) is 0 Å². The molecule has 13 aromatic rings. The summed E-state index contributed by atoms with van der Waals surface area (Å²) in [6.07, 6.45) is 0. The number of hydrogen-bond acceptors (Lipinski definition) is 2. The third-order valence-corrected chi connectivity index (χ3v) is 14.6. The van der Waals surface area contributed by atoms with Gasteiger partial charge in [-0.15, -0.1) is 22.7 Å². The average molecular weight is 758 g/mol. The number of aromatic nitrogens is 1. The molecule has 57 heavy (non-hydrogen) atoms. The van der Waals surface area contributed by atoms with E-state index < -0.39 is 0 Å². The number of rotatable bonds is 3. The van der Waals surface area contributed by atoms with Gasteiger partial charge in [-0.25, -0.2) is 0 Å². The van der Waals surface area contributed by atoms with Gasteiger partial charge in [-0.2, -0.15) is 0 Å². The van der Waals surface area contributed by atoms with E-state index in [2.05, 4.69) is 193 Å². The highest BCUT2D eigenvalue weighted by molar-refractivity contribution is 7.26. The second-order valence-electron chi connectivity index (χ2n) is 15.2. The van der Waals surface area contributed by atoms with Gasteiger partial charge in [0.15, 0.2) is 0 Å². The quantitative estimate of drug-likeness (QED) is 0.158. The summed E-state index contributed by atoms with van der Waals surface area (Å²) in [6.45, 7) is 0. The zero-order valence-electron chi connectivity index (χ0n) is 30.7. The molecule has 3 heterocycles. The van der Waals surface area contributed by atoms with E-state index in [1.54, 1.807) is 0 Å². The van der Waals surface area contributed by atoms with Crippen LogP contribution in [0.2, 0.25) is 0 Å². The molecular weight excluding hydrogens is 727 g/mol. The Kier molecular flexibility index (Phi) is 6.54. The van der Waals surface area contributed by atoms with E-state index in [1.807, 2.05) is 22.7 Å². The van der Waals surface area contributed by atoms with Crippen LogP contribution < -0.4 is 0 Å². The van der Waals surface area contributed by atoms with Crippen LogP contribution in [0.5, 0.6) is 0 Å². The fourth-order valence-electron chi connectivity index (χ4n) is 9.62. The zero-order valence-corrected chi connectivity index (χ0v) is 32.3. The number of nitrogens with zero attached hydrogens (tertiary/aromatic N) is 1. The first-order valence-corrected chi connectivity index (χ1v) is 21.1. The third-order valence-electron chi connectivity index (χ3n) is 12.2. The van der Waals surface area contributed by atoms with Crippen LogP contribution >= 0.6 is 22.7 Å². The predicted octanol–water partition coefficient (Wildman–Crippen LogP) is 16.3. The number of hydrogen-bond donors (Lipinski definition) is 0. The molecule has 3 heteroatoms. The van der Waals surface area contributed by atoms with Crippen molar-refractivity contribution in [1.29, 1.82) is 0 Å². The van der Waals surface area contributed by atoms with Crippen molar-refractivity contribution < 1.29 is 0 Å². The number of thiophene rings is 2. The van der Waals surface area contributed by atoms with E-state index in [4.69, 9.17) is 0 Å². The van der Waals surface area contributed by atoms with Crippen LogP contribution in [-0.4, -0.2) is 4.57 Å². The minimum Gasteiger partial charge on any atom is -0.309 e. The molecule has 3 aromatic heterocycles. The Hall–Kier alpha value is -6.78. The SMILES string of the molecule is c1ccc2c(c1)sc1c(-c3ccc4c5ccc(-c6cccc7c6sc6ccccc67)cc5n(-c5ccc6c7ccccc7c7ccccc7c6c5)c4c3)cccc12. The molecule has 1 nitrogen and oxygen atoms in total. The van der Waals surface area contributed by atoms with Crippen LogP contribution in [0.25, 0.3) is 122 Å². The lowest BCUT2D eigenvalue weighted by Gasteiger charge is -2.14. The molecule has 0 unspecified atom stereocenters. The molecule has 0 aliphatic carbocycles. The largest absolute Gasteiger partial charge is 0.309 e. The summed E-state index contributed by atoms with van der Waals surface area (Å²) >= 11 is 3.79. The molecule has 0 saturated carbocycles. The Labute approximate surface area is 335 Å². The molecule has 0 N–H and O–H groups in total. The van der Waals surface area contributed by atoms with Gasteiger partial charge in [0.1, 0.15) is 0 Å². The topological polar surface area (TPSA) is 4.93 Å². The van der Waals surface area contributed by atoms with Gasteiger partial charge in [-0.05, 0) is 91.0 Å². The van der Waals surface area contributed by atoms with E-state index in [-0.39, 0.29) is 0 Å². The first-order valence-electron chi connectivity index (χ1n) is 19.5. The Morgan fingerprint density at radius 2 is 0.684 bits per heavy atom. The van der Waals surface area contributed by atoms with Crippen LogP contribution in [0.3, 0.4) is 0 Å². The van der Waals surface area contributed by atoms with Crippen LogP contribution in [0.1, 0.15) is 0 Å².